The minimum Gasteiger partial charge on any atom is -0.304 e. The molecule has 0 aromatic carbocycles. The molecule has 2 rings (SSSR count). The molecule has 2 heteroatoms. The van der Waals surface area contributed by atoms with E-state index in [1.54, 1.807) is 0 Å². The smallest absolute Gasteiger partial charge is 0.0414 e. The van der Waals surface area contributed by atoms with Crippen LogP contribution in [-0.4, -0.2) is 28.5 Å². The Labute approximate surface area is 82.7 Å². The van der Waals surface area contributed by atoms with Crippen LogP contribution in [0.3, 0.4) is 0 Å². The number of hydrogen-bond acceptors (Lipinski definition) is 1. The Morgan fingerprint density at radius 2 is 2.00 bits per heavy atom. The minimum absolute atomic E-state index is 0.611. The molecule has 1 saturated heterocycles. The molecule has 0 aromatic heterocycles. The Morgan fingerprint density at radius 3 is 2.64 bits per heavy atom. The molecule has 2 atom stereocenters. The van der Waals surface area contributed by atoms with Crippen molar-refractivity contribution in [2.24, 2.45) is 5.41 Å². The van der Waals surface area contributed by atoms with Gasteiger partial charge in [-0.3, -0.25) is 0 Å². The lowest BCUT2D eigenvalue weighted by Gasteiger charge is -2.30. The molecule has 64 valence electrons. The van der Waals surface area contributed by atoms with Gasteiger partial charge in [-0.15, -0.1) is 0 Å². The van der Waals surface area contributed by atoms with E-state index >= 15 is 0 Å². The van der Waals surface area contributed by atoms with Crippen molar-refractivity contribution in [2.45, 2.75) is 29.6 Å². The first kappa shape index (κ1) is 8.30. The standard InChI is InChI=1S/C9H16IN/c1-8-4-3-5-9(8,10)7-11(2)6-8/h3-7H2,1-2H3. The highest BCUT2D eigenvalue weighted by Crippen LogP contribution is 2.56. The fourth-order valence-electron chi connectivity index (χ4n) is 2.85. The summed E-state index contributed by atoms with van der Waals surface area (Å²) in [7, 11) is 2.25. The third kappa shape index (κ3) is 1.05. The predicted molar refractivity (Wildman–Crippen MR) is 56.2 cm³/mol. The van der Waals surface area contributed by atoms with Crippen molar-refractivity contribution in [3.05, 3.63) is 0 Å². The summed E-state index contributed by atoms with van der Waals surface area (Å²) in [5.74, 6) is 0. The fourth-order valence-corrected chi connectivity index (χ4v) is 4.26. The molecule has 0 amide bonds. The maximum absolute atomic E-state index is 2.71. The Kier molecular flexibility index (Phi) is 1.77. The van der Waals surface area contributed by atoms with Crippen LogP contribution in [0.2, 0.25) is 0 Å². The molecule has 1 nitrogen and oxygen atoms in total. The van der Waals surface area contributed by atoms with Gasteiger partial charge in [-0.05, 0) is 25.3 Å². The van der Waals surface area contributed by atoms with Gasteiger partial charge in [0.05, 0.1) is 0 Å². The largest absolute Gasteiger partial charge is 0.304 e. The van der Waals surface area contributed by atoms with E-state index in [2.05, 4.69) is 41.5 Å². The van der Waals surface area contributed by atoms with E-state index in [-0.39, 0.29) is 0 Å². The van der Waals surface area contributed by atoms with Crippen molar-refractivity contribution in [3.63, 3.8) is 0 Å². The Morgan fingerprint density at radius 1 is 1.27 bits per heavy atom. The average Bonchev–Trinajstić information content (AvgIpc) is 2.16. The second-order valence-corrected chi connectivity index (χ2v) is 6.62. The number of hydrogen-bond donors (Lipinski definition) is 0. The van der Waals surface area contributed by atoms with Gasteiger partial charge in [0.2, 0.25) is 0 Å². The first-order valence-corrected chi connectivity index (χ1v) is 5.51. The predicted octanol–water partition coefficient (Wildman–Crippen LogP) is 2.30. The van der Waals surface area contributed by atoms with Crippen LogP contribution in [-0.2, 0) is 0 Å². The maximum atomic E-state index is 2.71. The van der Waals surface area contributed by atoms with Crippen molar-refractivity contribution >= 4 is 22.6 Å². The summed E-state index contributed by atoms with van der Waals surface area (Å²) in [4.78, 5) is 2.49. The molecule has 1 saturated carbocycles. The highest BCUT2D eigenvalue weighted by molar-refractivity contribution is 14.1. The van der Waals surface area contributed by atoms with Crippen LogP contribution < -0.4 is 0 Å². The van der Waals surface area contributed by atoms with Gasteiger partial charge in [-0.1, -0.05) is 35.9 Å². The van der Waals surface area contributed by atoms with E-state index in [0.29, 0.717) is 8.84 Å². The summed E-state index contributed by atoms with van der Waals surface area (Å²) < 4.78 is 0.611. The van der Waals surface area contributed by atoms with Crippen molar-refractivity contribution in [1.29, 1.82) is 0 Å². The third-order valence-electron chi connectivity index (χ3n) is 3.52. The summed E-state index contributed by atoms with van der Waals surface area (Å²) >= 11 is 2.71. The van der Waals surface area contributed by atoms with Crippen LogP contribution in [0.5, 0.6) is 0 Å². The van der Waals surface area contributed by atoms with Gasteiger partial charge in [0.1, 0.15) is 0 Å². The van der Waals surface area contributed by atoms with E-state index in [4.69, 9.17) is 0 Å². The molecule has 2 fully saturated rings. The average molecular weight is 265 g/mol. The quantitative estimate of drug-likeness (QED) is 0.480. The van der Waals surface area contributed by atoms with Gasteiger partial charge in [0.25, 0.3) is 0 Å². The molecule has 1 aliphatic carbocycles. The van der Waals surface area contributed by atoms with E-state index in [0.717, 1.165) is 0 Å². The molecule has 11 heavy (non-hydrogen) atoms. The zero-order valence-corrected chi connectivity index (χ0v) is 9.52. The van der Waals surface area contributed by atoms with E-state index in [1.807, 2.05) is 0 Å². The lowest BCUT2D eigenvalue weighted by atomic mass is 9.83. The first-order valence-electron chi connectivity index (χ1n) is 4.43. The lowest BCUT2D eigenvalue weighted by Crippen LogP contribution is -2.33. The van der Waals surface area contributed by atoms with Crippen LogP contribution in [0.4, 0.5) is 0 Å². The summed E-state index contributed by atoms with van der Waals surface area (Å²) in [6.45, 7) is 5.09. The van der Waals surface area contributed by atoms with Gasteiger partial charge >= 0.3 is 0 Å². The molecule has 0 radical (unpaired) electrons. The Bertz CT molecular complexity index is 164. The van der Waals surface area contributed by atoms with Gasteiger partial charge in [0, 0.05) is 16.5 Å². The maximum Gasteiger partial charge on any atom is 0.0414 e. The Balaban J connectivity index is 2.28. The minimum atomic E-state index is 0.611. The second-order valence-electron chi connectivity index (χ2n) is 4.55. The lowest BCUT2D eigenvalue weighted by molar-refractivity contribution is 0.305. The van der Waals surface area contributed by atoms with Crippen LogP contribution in [0.25, 0.3) is 0 Å². The molecule has 1 heterocycles. The number of likely N-dealkylation sites (tertiary alicyclic amines) is 1. The summed E-state index contributed by atoms with van der Waals surface area (Å²) in [5, 5.41) is 0. The number of fused-ring (bicyclic) bond motifs is 1. The molecular formula is C9H16IN. The van der Waals surface area contributed by atoms with E-state index in [9.17, 15) is 0 Å². The van der Waals surface area contributed by atoms with Crippen molar-refractivity contribution in [2.75, 3.05) is 20.1 Å². The molecule has 0 aromatic rings. The molecular weight excluding hydrogens is 249 g/mol. The second kappa shape index (κ2) is 2.34. The SMILES string of the molecule is CN1CC2(C)CCCC2(I)C1. The number of halogens is 1. The number of rotatable bonds is 0. The summed E-state index contributed by atoms with van der Waals surface area (Å²) in [5.41, 5.74) is 0.627. The summed E-state index contributed by atoms with van der Waals surface area (Å²) in [6.07, 6.45) is 4.34. The molecule has 0 bridgehead atoms. The zero-order chi connectivity index (χ0) is 8.11. The van der Waals surface area contributed by atoms with E-state index < -0.39 is 0 Å². The molecule has 1 aliphatic heterocycles. The molecule has 2 aliphatic rings. The summed E-state index contributed by atoms with van der Waals surface area (Å²) in [6, 6.07) is 0. The van der Waals surface area contributed by atoms with Gasteiger partial charge < -0.3 is 4.90 Å². The third-order valence-corrected chi connectivity index (χ3v) is 5.71. The van der Waals surface area contributed by atoms with Crippen LogP contribution >= 0.6 is 22.6 Å². The van der Waals surface area contributed by atoms with Gasteiger partial charge in [-0.2, -0.15) is 0 Å². The normalized spacial score (nSPS) is 51.5. The van der Waals surface area contributed by atoms with Crippen LogP contribution in [0.1, 0.15) is 26.2 Å². The monoisotopic (exact) mass is 265 g/mol. The highest BCUT2D eigenvalue weighted by atomic mass is 127. The first-order chi connectivity index (χ1) is 5.06. The fraction of sp³-hybridized carbons (Fsp3) is 1.00. The van der Waals surface area contributed by atoms with Gasteiger partial charge in [-0.25, -0.2) is 0 Å². The van der Waals surface area contributed by atoms with Crippen molar-refractivity contribution < 1.29 is 0 Å². The Hall–Kier alpha value is 0.690. The number of alkyl halides is 1. The van der Waals surface area contributed by atoms with Crippen LogP contribution in [0, 0.1) is 5.41 Å². The van der Waals surface area contributed by atoms with Crippen molar-refractivity contribution in [3.8, 4) is 0 Å². The van der Waals surface area contributed by atoms with Crippen molar-refractivity contribution in [1.82, 2.24) is 4.90 Å². The molecule has 0 N–H and O–H groups in total. The molecule has 2 unspecified atom stereocenters. The molecule has 0 spiro atoms. The number of nitrogens with zero attached hydrogens (tertiary/aromatic N) is 1. The zero-order valence-electron chi connectivity index (χ0n) is 7.36. The van der Waals surface area contributed by atoms with E-state index in [1.165, 1.54) is 32.4 Å². The highest BCUT2D eigenvalue weighted by Gasteiger charge is 2.54. The topological polar surface area (TPSA) is 3.24 Å². The van der Waals surface area contributed by atoms with Crippen LogP contribution in [0.15, 0.2) is 0 Å². The van der Waals surface area contributed by atoms with Gasteiger partial charge in [0.15, 0.2) is 0 Å².